The molecule has 1 N–H and O–H groups in total. The summed E-state index contributed by atoms with van der Waals surface area (Å²) in [4.78, 5) is 44.1. The van der Waals surface area contributed by atoms with E-state index in [0.29, 0.717) is 16.8 Å². The number of non-ortho nitro benzene ring substituents is 2. The van der Waals surface area contributed by atoms with Crippen LogP contribution in [-0.4, -0.2) is 21.7 Å². The summed E-state index contributed by atoms with van der Waals surface area (Å²) in [5.41, 5.74) is 1.22. The monoisotopic (exact) mass is 387 g/mol. The van der Waals surface area contributed by atoms with Crippen LogP contribution in [0.25, 0.3) is 0 Å². The van der Waals surface area contributed by atoms with E-state index in [4.69, 9.17) is 4.74 Å². The van der Waals surface area contributed by atoms with Gasteiger partial charge in [-0.1, -0.05) is 12.1 Å². The number of hydrogen-bond donors (Lipinski definition) is 1. The van der Waals surface area contributed by atoms with Gasteiger partial charge in [-0.05, 0) is 24.1 Å². The van der Waals surface area contributed by atoms with Gasteiger partial charge in [0.1, 0.15) is 6.61 Å². The average molecular weight is 387 g/mol. The van der Waals surface area contributed by atoms with Crippen LogP contribution in [0.4, 0.5) is 17.1 Å². The smallest absolute Gasteiger partial charge is 0.306 e. The lowest BCUT2D eigenvalue weighted by Gasteiger charge is -2.08. The van der Waals surface area contributed by atoms with Crippen LogP contribution in [0.15, 0.2) is 42.5 Å². The van der Waals surface area contributed by atoms with Crippen molar-refractivity contribution in [1.29, 1.82) is 0 Å². The number of rotatable bonds is 8. The molecule has 0 saturated carbocycles. The molecule has 0 unspecified atom stereocenters. The summed E-state index contributed by atoms with van der Waals surface area (Å²) in [6.07, 6.45) is -0.309. The summed E-state index contributed by atoms with van der Waals surface area (Å²) in [6.45, 7) is 1.49. The number of nitro benzene ring substituents is 2. The van der Waals surface area contributed by atoms with Gasteiger partial charge in [0.2, 0.25) is 5.91 Å². The Labute approximate surface area is 159 Å². The number of aryl methyl sites for hydroxylation is 1. The van der Waals surface area contributed by atoms with Crippen molar-refractivity contribution in [3.05, 3.63) is 73.8 Å². The summed E-state index contributed by atoms with van der Waals surface area (Å²) >= 11 is 0. The molecule has 1 amide bonds. The molecule has 0 aromatic heterocycles. The van der Waals surface area contributed by atoms with Crippen LogP contribution in [0, 0.1) is 27.2 Å². The second-order valence-electron chi connectivity index (χ2n) is 5.89. The number of esters is 1. The van der Waals surface area contributed by atoms with Gasteiger partial charge >= 0.3 is 5.97 Å². The van der Waals surface area contributed by atoms with Crippen molar-refractivity contribution < 1.29 is 24.2 Å². The van der Waals surface area contributed by atoms with Crippen molar-refractivity contribution in [3.63, 3.8) is 0 Å². The number of nitrogens with one attached hydrogen (secondary N) is 1. The zero-order valence-corrected chi connectivity index (χ0v) is 14.9. The summed E-state index contributed by atoms with van der Waals surface area (Å²) in [6, 6.07) is 9.74. The zero-order valence-electron chi connectivity index (χ0n) is 14.9. The topological polar surface area (TPSA) is 142 Å². The van der Waals surface area contributed by atoms with E-state index in [1.54, 1.807) is 13.0 Å². The minimum atomic E-state index is -0.623. The van der Waals surface area contributed by atoms with Crippen molar-refractivity contribution >= 4 is 28.9 Å². The molecular formula is C18H17N3O7. The largest absolute Gasteiger partial charge is 0.461 e. The molecule has 2 aromatic carbocycles. The Kier molecular flexibility index (Phi) is 6.74. The highest BCUT2D eigenvalue weighted by Gasteiger charge is 2.13. The minimum absolute atomic E-state index is 0.0831. The molecule has 0 radical (unpaired) electrons. The Morgan fingerprint density at radius 2 is 1.68 bits per heavy atom. The van der Waals surface area contributed by atoms with Crippen molar-refractivity contribution in [2.24, 2.45) is 0 Å². The molecule has 0 fully saturated rings. The van der Waals surface area contributed by atoms with E-state index in [1.165, 1.54) is 36.4 Å². The van der Waals surface area contributed by atoms with Crippen molar-refractivity contribution in [2.45, 2.75) is 26.4 Å². The third-order valence-electron chi connectivity index (χ3n) is 3.77. The van der Waals surface area contributed by atoms with E-state index in [2.05, 4.69) is 5.32 Å². The summed E-state index contributed by atoms with van der Waals surface area (Å²) in [7, 11) is 0. The zero-order chi connectivity index (χ0) is 20.7. The van der Waals surface area contributed by atoms with E-state index in [0.717, 1.165) is 0 Å². The SMILES string of the molecule is Cc1cc([N+](=O)[O-])ccc1NC(=O)CCC(=O)OCc1cccc([N+](=O)[O-])c1. The van der Waals surface area contributed by atoms with Gasteiger partial charge in [-0.25, -0.2) is 0 Å². The Balaban J connectivity index is 1.81. The molecule has 146 valence electrons. The molecule has 0 aliphatic carbocycles. The van der Waals surface area contributed by atoms with E-state index >= 15 is 0 Å². The predicted molar refractivity (Wildman–Crippen MR) is 98.6 cm³/mol. The predicted octanol–water partition coefficient (Wildman–Crippen LogP) is 3.27. The molecule has 0 saturated heterocycles. The second-order valence-corrected chi connectivity index (χ2v) is 5.89. The Bertz CT molecular complexity index is 927. The number of benzene rings is 2. The molecule has 0 atom stereocenters. The molecule has 0 heterocycles. The molecule has 0 aliphatic heterocycles. The standard InChI is InChI=1S/C18H17N3O7/c1-12-9-15(21(26)27)5-6-16(12)19-17(22)7-8-18(23)28-11-13-3-2-4-14(10-13)20(24)25/h2-6,9-10H,7-8,11H2,1H3,(H,19,22). The fourth-order valence-electron chi connectivity index (χ4n) is 2.33. The van der Waals surface area contributed by atoms with E-state index in [9.17, 15) is 29.8 Å². The molecule has 0 spiro atoms. The molecule has 2 rings (SSSR count). The Morgan fingerprint density at radius 3 is 2.32 bits per heavy atom. The highest BCUT2D eigenvalue weighted by molar-refractivity contribution is 5.93. The maximum absolute atomic E-state index is 12.0. The summed E-state index contributed by atoms with van der Waals surface area (Å²) < 4.78 is 5.01. The molecule has 10 nitrogen and oxygen atoms in total. The molecule has 2 aromatic rings. The van der Waals surface area contributed by atoms with Crippen LogP contribution < -0.4 is 5.32 Å². The first-order valence-corrected chi connectivity index (χ1v) is 8.20. The van der Waals surface area contributed by atoms with Gasteiger partial charge in [-0.15, -0.1) is 0 Å². The Morgan fingerprint density at radius 1 is 1.00 bits per heavy atom. The number of ether oxygens (including phenoxy) is 1. The molecule has 10 heteroatoms. The third-order valence-corrected chi connectivity index (χ3v) is 3.77. The van der Waals surface area contributed by atoms with Crippen molar-refractivity contribution in [3.8, 4) is 0 Å². The molecule has 28 heavy (non-hydrogen) atoms. The normalized spacial score (nSPS) is 10.2. The van der Waals surface area contributed by atoms with Crippen molar-refractivity contribution in [2.75, 3.05) is 5.32 Å². The number of anilines is 1. The van der Waals surface area contributed by atoms with Gasteiger partial charge in [0, 0.05) is 36.4 Å². The van der Waals surface area contributed by atoms with Gasteiger partial charge < -0.3 is 10.1 Å². The van der Waals surface area contributed by atoms with Crippen LogP contribution in [-0.2, 0) is 20.9 Å². The van der Waals surface area contributed by atoms with E-state index in [1.807, 2.05) is 0 Å². The maximum Gasteiger partial charge on any atom is 0.306 e. The first kappa shape index (κ1) is 20.5. The van der Waals surface area contributed by atoms with Crippen LogP contribution in [0.1, 0.15) is 24.0 Å². The van der Waals surface area contributed by atoms with Crippen molar-refractivity contribution in [1.82, 2.24) is 0 Å². The van der Waals surface area contributed by atoms with Crippen LogP contribution in [0.3, 0.4) is 0 Å². The highest BCUT2D eigenvalue weighted by atomic mass is 16.6. The Hall–Kier alpha value is -3.82. The van der Waals surface area contributed by atoms with Gasteiger partial charge in [0.05, 0.1) is 16.3 Å². The lowest BCUT2D eigenvalue weighted by atomic mass is 10.1. The number of hydrogen-bond acceptors (Lipinski definition) is 7. The number of nitro groups is 2. The molecular weight excluding hydrogens is 370 g/mol. The lowest BCUT2D eigenvalue weighted by Crippen LogP contribution is -2.15. The molecule has 0 aliphatic rings. The lowest BCUT2D eigenvalue weighted by molar-refractivity contribution is -0.385. The van der Waals surface area contributed by atoms with E-state index < -0.39 is 21.7 Å². The second kappa shape index (κ2) is 9.21. The third kappa shape index (κ3) is 5.87. The quantitative estimate of drug-likeness (QED) is 0.416. The number of amides is 1. The van der Waals surface area contributed by atoms with Crippen LogP contribution in [0.2, 0.25) is 0 Å². The average Bonchev–Trinajstić information content (AvgIpc) is 2.66. The number of carbonyl (C=O) groups is 2. The van der Waals surface area contributed by atoms with Gasteiger partial charge in [-0.3, -0.25) is 29.8 Å². The first-order chi connectivity index (χ1) is 13.3. The van der Waals surface area contributed by atoms with Crippen LogP contribution in [0.5, 0.6) is 0 Å². The summed E-state index contributed by atoms with van der Waals surface area (Å²) in [5.74, 6) is -1.06. The number of carbonyl (C=O) groups excluding carboxylic acids is 2. The maximum atomic E-state index is 12.0. The molecule has 0 bridgehead atoms. The first-order valence-electron chi connectivity index (χ1n) is 8.20. The summed E-state index contributed by atoms with van der Waals surface area (Å²) in [5, 5.41) is 24.0. The number of nitrogens with zero attached hydrogens (tertiary/aromatic N) is 2. The van der Waals surface area contributed by atoms with Gasteiger partial charge in [-0.2, -0.15) is 0 Å². The highest BCUT2D eigenvalue weighted by Crippen LogP contribution is 2.21. The van der Waals surface area contributed by atoms with E-state index in [-0.39, 0.29) is 30.8 Å². The fraction of sp³-hybridized carbons (Fsp3) is 0.222. The van der Waals surface area contributed by atoms with Gasteiger partial charge in [0.15, 0.2) is 0 Å². The fourth-order valence-corrected chi connectivity index (χ4v) is 2.33. The minimum Gasteiger partial charge on any atom is -0.461 e. The van der Waals surface area contributed by atoms with Crippen LogP contribution >= 0.6 is 0 Å². The van der Waals surface area contributed by atoms with Gasteiger partial charge in [0.25, 0.3) is 11.4 Å².